The van der Waals surface area contributed by atoms with Crippen molar-refractivity contribution < 1.29 is 0 Å². The van der Waals surface area contributed by atoms with Crippen molar-refractivity contribution in [2.24, 2.45) is 0 Å². The summed E-state index contributed by atoms with van der Waals surface area (Å²) in [6.45, 7) is 3.10. The lowest BCUT2D eigenvalue weighted by Gasteiger charge is -2.19. The van der Waals surface area contributed by atoms with Crippen LogP contribution >= 0.6 is 0 Å². The standard InChI is InChI=1S/C8H12N4/c1-7-6-8(2-3-9-7)12-5-4-10-11-12/h2,4-5,7,9H,3,6H2,1H3. The second kappa shape index (κ2) is 3.06. The Kier molecular flexibility index (Phi) is 1.91. The second-order valence-corrected chi connectivity index (χ2v) is 3.06. The summed E-state index contributed by atoms with van der Waals surface area (Å²) in [6, 6.07) is 0.536. The van der Waals surface area contributed by atoms with Crippen LogP contribution in [-0.2, 0) is 0 Å². The van der Waals surface area contributed by atoms with Gasteiger partial charge in [0.25, 0.3) is 0 Å². The van der Waals surface area contributed by atoms with Gasteiger partial charge in [0.05, 0.1) is 12.4 Å². The lowest BCUT2D eigenvalue weighted by molar-refractivity contribution is 0.559. The Morgan fingerprint density at radius 1 is 1.67 bits per heavy atom. The fourth-order valence-corrected chi connectivity index (χ4v) is 1.40. The van der Waals surface area contributed by atoms with Crippen LogP contribution in [0, 0.1) is 0 Å². The van der Waals surface area contributed by atoms with Crippen molar-refractivity contribution in [3.63, 3.8) is 0 Å². The molecule has 0 aromatic carbocycles. The van der Waals surface area contributed by atoms with Gasteiger partial charge < -0.3 is 5.32 Å². The zero-order chi connectivity index (χ0) is 8.39. The second-order valence-electron chi connectivity index (χ2n) is 3.06. The molecule has 4 heteroatoms. The van der Waals surface area contributed by atoms with Crippen molar-refractivity contribution in [2.45, 2.75) is 19.4 Å². The van der Waals surface area contributed by atoms with Gasteiger partial charge in [-0.05, 0) is 13.0 Å². The smallest absolute Gasteiger partial charge is 0.0697 e. The number of hydrogen-bond acceptors (Lipinski definition) is 3. The minimum absolute atomic E-state index is 0.536. The average Bonchev–Trinajstić information content (AvgIpc) is 2.56. The molecule has 1 N–H and O–H groups in total. The lowest BCUT2D eigenvalue weighted by Crippen LogP contribution is -2.31. The first-order valence-electron chi connectivity index (χ1n) is 4.15. The summed E-state index contributed by atoms with van der Waals surface area (Å²) in [7, 11) is 0. The summed E-state index contributed by atoms with van der Waals surface area (Å²) >= 11 is 0. The van der Waals surface area contributed by atoms with Crippen LogP contribution < -0.4 is 5.32 Å². The van der Waals surface area contributed by atoms with E-state index >= 15 is 0 Å². The molecule has 1 aromatic rings. The Morgan fingerprint density at radius 3 is 3.25 bits per heavy atom. The number of nitrogens with one attached hydrogen (secondary N) is 1. The predicted molar refractivity (Wildman–Crippen MR) is 46.4 cm³/mol. The number of aromatic nitrogens is 3. The molecule has 1 atom stereocenters. The molecule has 1 aliphatic heterocycles. The van der Waals surface area contributed by atoms with Crippen molar-refractivity contribution in [1.29, 1.82) is 0 Å². The van der Waals surface area contributed by atoms with Crippen LogP contribution in [0.3, 0.4) is 0 Å². The molecule has 0 radical (unpaired) electrons. The quantitative estimate of drug-likeness (QED) is 0.657. The van der Waals surface area contributed by atoms with E-state index in [1.165, 1.54) is 5.70 Å². The van der Waals surface area contributed by atoms with Crippen LogP contribution in [0.5, 0.6) is 0 Å². The first-order valence-corrected chi connectivity index (χ1v) is 4.15. The minimum Gasteiger partial charge on any atom is -0.310 e. The van der Waals surface area contributed by atoms with Gasteiger partial charge in [-0.2, -0.15) is 0 Å². The molecule has 0 bridgehead atoms. The van der Waals surface area contributed by atoms with E-state index in [0.29, 0.717) is 6.04 Å². The first-order chi connectivity index (χ1) is 5.86. The van der Waals surface area contributed by atoms with E-state index in [0.717, 1.165) is 13.0 Å². The van der Waals surface area contributed by atoms with Gasteiger partial charge in [-0.3, -0.25) is 0 Å². The van der Waals surface area contributed by atoms with Crippen molar-refractivity contribution in [3.05, 3.63) is 18.5 Å². The first kappa shape index (κ1) is 7.49. The van der Waals surface area contributed by atoms with Crippen LogP contribution in [0.15, 0.2) is 18.5 Å². The van der Waals surface area contributed by atoms with Crippen LogP contribution in [0.25, 0.3) is 5.70 Å². The van der Waals surface area contributed by atoms with Crippen LogP contribution in [0.4, 0.5) is 0 Å². The fourth-order valence-electron chi connectivity index (χ4n) is 1.40. The Labute approximate surface area is 71.3 Å². The van der Waals surface area contributed by atoms with Gasteiger partial charge in [-0.25, -0.2) is 4.68 Å². The summed E-state index contributed by atoms with van der Waals surface area (Å²) in [5.41, 5.74) is 1.23. The normalized spacial score (nSPS) is 23.8. The minimum atomic E-state index is 0.536. The third-order valence-corrected chi connectivity index (χ3v) is 2.04. The van der Waals surface area contributed by atoms with E-state index in [4.69, 9.17) is 0 Å². The van der Waals surface area contributed by atoms with Gasteiger partial charge in [-0.1, -0.05) is 5.21 Å². The van der Waals surface area contributed by atoms with Gasteiger partial charge in [0.2, 0.25) is 0 Å². The molecule has 1 unspecified atom stereocenters. The van der Waals surface area contributed by atoms with Gasteiger partial charge in [-0.15, -0.1) is 5.10 Å². The molecule has 0 saturated carbocycles. The molecule has 64 valence electrons. The molecule has 0 spiro atoms. The average molecular weight is 164 g/mol. The Balaban J connectivity index is 2.19. The van der Waals surface area contributed by atoms with Gasteiger partial charge in [0, 0.05) is 24.7 Å². The molecule has 1 aromatic heterocycles. The van der Waals surface area contributed by atoms with E-state index < -0.39 is 0 Å². The SMILES string of the molecule is CC1CC(n2ccnn2)=CCN1. The molecule has 12 heavy (non-hydrogen) atoms. The van der Waals surface area contributed by atoms with E-state index in [-0.39, 0.29) is 0 Å². The monoisotopic (exact) mass is 164 g/mol. The third-order valence-electron chi connectivity index (χ3n) is 2.04. The molecule has 2 rings (SSSR count). The van der Waals surface area contributed by atoms with Crippen molar-refractivity contribution in [3.8, 4) is 0 Å². The van der Waals surface area contributed by atoms with Crippen molar-refractivity contribution in [1.82, 2.24) is 20.3 Å². The van der Waals surface area contributed by atoms with Gasteiger partial charge >= 0.3 is 0 Å². The molecule has 0 aliphatic carbocycles. The zero-order valence-electron chi connectivity index (χ0n) is 7.07. The molecule has 0 fully saturated rings. The summed E-state index contributed by atoms with van der Waals surface area (Å²) < 4.78 is 1.83. The Hall–Kier alpha value is -1.16. The van der Waals surface area contributed by atoms with Crippen molar-refractivity contribution >= 4 is 5.70 Å². The maximum absolute atomic E-state index is 3.94. The highest BCUT2D eigenvalue weighted by Gasteiger charge is 2.11. The molecule has 0 amide bonds. The van der Waals surface area contributed by atoms with E-state index in [9.17, 15) is 0 Å². The molecular weight excluding hydrogens is 152 g/mol. The van der Waals surface area contributed by atoms with Gasteiger partial charge in [0.1, 0.15) is 0 Å². The fraction of sp³-hybridized carbons (Fsp3) is 0.500. The maximum Gasteiger partial charge on any atom is 0.0697 e. The molecule has 1 aliphatic rings. The molecule has 4 nitrogen and oxygen atoms in total. The van der Waals surface area contributed by atoms with Crippen molar-refractivity contribution in [2.75, 3.05) is 6.54 Å². The lowest BCUT2D eigenvalue weighted by atomic mass is 10.1. The van der Waals surface area contributed by atoms with E-state index in [2.05, 4.69) is 28.6 Å². The summed E-state index contributed by atoms with van der Waals surface area (Å²) in [5, 5.41) is 11.1. The van der Waals surface area contributed by atoms with Gasteiger partial charge in [0.15, 0.2) is 0 Å². The summed E-state index contributed by atoms with van der Waals surface area (Å²) in [4.78, 5) is 0. The summed E-state index contributed by atoms with van der Waals surface area (Å²) in [6.07, 6.45) is 6.75. The highest BCUT2D eigenvalue weighted by molar-refractivity contribution is 5.45. The Morgan fingerprint density at radius 2 is 2.58 bits per heavy atom. The number of hydrogen-bond donors (Lipinski definition) is 1. The molecule has 0 saturated heterocycles. The largest absolute Gasteiger partial charge is 0.310 e. The number of nitrogens with zero attached hydrogens (tertiary/aromatic N) is 3. The predicted octanol–water partition coefficient (Wildman–Crippen LogP) is 0.501. The highest BCUT2D eigenvalue weighted by atomic mass is 15.4. The Bertz CT molecular complexity index is 275. The molecule has 2 heterocycles. The highest BCUT2D eigenvalue weighted by Crippen LogP contribution is 2.13. The van der Waals surface area contributed by atoms with E-state index in [1.807, 2.05) is 10.9 Å². The zero-order valence-corrected chi connectivity index (χ0v) is 7.07. The maximum atomic E-state index is 3.94. The number of rotatable bonds is 1. The molecular formula is C8H12N4. The topological polar surface area (TPSA) is 42.7 Å². The third kappa shape index (κ3) is 1.38. The van der Waals surface area contributed by atoms with Crippen LogP contribution in [-0.4, -0.2) is 27.6 Å². The van der Waals surface area contributed by atoms with E-state index in [1.54, 1.807) is 6.20 Å². The summed E-state index contributed by atoms with van der Waals surface area (Å²) in [5.74, 6) is 0. The van der Waals surface area contributed by atoms with Crippen LogP contribution in [0.1, 0.15) is 13.3 Å². The van der Waals surface area contributed by atoms with Crippen LogP contribution in [0.2, 0.25) is 0 Å².